The number of hydrogen-bond donors (Lipinski definition) is 2. The first-order valence-corrected chi connectivity index (χ1v) is 15.9. The van der Waals surface area contributed by atoms with E-state index in [-0.39, 0.29) is 36.3 Å². The molecule has 240 valence electrons. The van der Waals surface area contributed by atoms with Crippen molar-refractivity contribution in [3.05, 3.63) is 120 Å². The Kier molecular flexibility index (Phi) is 9.11. The molecule has 4 unspecified atom stereocenters. The van der Waals surface area contributed by atoms with Gasteiger partial charge in [-0.05, 0) is 41.5 Å². The highest BCUT2D eigenvalue weighted by Gasteiger charge is 2.39. The first-order valence-electron chi connectivity index (χ1n) is 15.9. The Balaban J connectivity index is 1.06. The molecule has 0 spiro atoms. The number of ether oxygens (including phenoxy) is 2. The van der Waals surface area contributed by atoms with Gasteiger partial charge in [-0.3, -0.25) is 14.7 Å². The molecule has 4 atom stereocenters. The van der Waals surface area contributed by atoms with Crippen LogP contribution in [0.4, 0.5) is 11.6 Å². The van der Waals surface area contributed by atoms with Gasteiger partial charge in [-0.15, -0.1) is 0 Å². The van der Waals surface area contributed by atoms with Gasteiger partial charge >= 0.3 is 0 Å². The lowest BCUT2D eigenvalue weighted by Crippen LogP contribution is -2.51. The summed E-state index contributed by atoms with van der Waals surface area (Å²) < 4.78 is 13.3. The van der Waals surface area contributed by atoms with Gasteiger partial charge in [0.15, 0.2) is 6.29 Å². The van der Waals surface area contributed by atoms with Crippen molar-refractivity contribution in [2.45, 2.75) is 32.0 Å². The summed E-state index contributed by atoms with van der Waals surface area (Å²) in [6.07, 6.45) is 4.13. The zero-order chi connectivity index (χ0) is 32.2. The van der Waals surface area contributed by atoms with Crippen LogP contribution in [0.1, 0.15) is 46.5 Å². The van der Waals surface area contributed by atoms with Crippen LogP contribution in [0.3, 0.4) is 0 Å². The van der Waals surface area contributed by atoms with Crippen molar-refractivity contribution < 1.29 is 19.4 Å². The molecule has 0 saturated carbocycles. The van der Waals surface area contributed by atoms with E-state index in [2.05, 4.69) is 42.0 Å². The molecule has 2 saturated heterocycles. The van der Waals surface area contributed by atoms with Gasteiger partial charge in [0.1, 0.15) is 5.69 Å². The quantitative estimate of drug-likeness (QED) is 0.247. The van der Waals surface area contributed by atoms with Crippen LogP contribution in [0.25, 0.3) is 11.0 Å². The number of anilines is 2. The molecule has 2 aliphatic heterocycles. The molecule has 2 aromatic heterocycles. The average molecular weight is 632 g/mol. The largest absolute Gasteiger partial charge is 0.392 e. The van der Waals surface area contributed by atoms with Crippen LogP contribution in [0.2, 0.25) is 0 Å². The first-order chi connectivity index (χ1) is 23.0. The first kappa shape index (κ1) is 30.8. The summed E-state index contributed by atoms with van der Waals surface area (Å²) in [6, 6.07) is 24.7. The van der Waals surface area contributed by atoms with E-state index in [1.807, 2.05) is 78.9 Å². The van der Waals surface area contributed by atoms with Crippen molar-refractivity contribution in [2.75, 3.05) is 42.9 Å². The maximum atomic E-state index is 13.0. The number of amides is 1. The molecule has 4 heterocycles. The third kappa shape index (κ3) is 6.98. The minimum atomic E-state index is -0.603. The Labute approximate surface area is 273 Å². The summed E-state index contributed by atoms with van der Waals surface area (Å²) in [5, 5.41) is 12.5. The number of nitrogens with zero attached hydrogens (tertiary/aromatic N) is 6. The van der Waals surface area contributed by atoms with Crippen LogP contribution in [0.5, 0.6) is 0 Å². The standard InChI is InChI=1S/C36H37N7O4/c1-24-32(22-42-17-19-43(20-18-42)36-37-15-4-16-38-36)46-35(47-33(24)26-9-7-25(23-44)8-10-26)27-11-13-28(14-12-27)40-34(45)31-21-39-29-5-2-3-6-30(29)41-31/h2-16,21,24,32-33,35,44H,17-20,22-23H2,1H3,(H,40,45). The van der Waals surface area contributed by atoms with Gasteiger partial charge in [0.05, 0.1) is 36.0 Å². The maximum absolute atomic E-state index is 13.0. The number of rotatable bonds is 8. The van der Waals surface area contributed by atoms with E-state index < -0.39 is 6.29 Å². The van der Waals surface area contributed by atoms with Crippen LogP contribution in [0, 0.1) is 5.92 Å². The number of fused-ring (bicyclic) bond motifs is 1. The highest BCUT2D eigenvalue weighted by atomic mass is 16.7. The van der Waals surface area contributed by atoms with Crippen LogP contribution >= 0.6 is 0 Å². The van der Waals surface area contributed by atoms with E-state index in [1.165, 1.54) is 6.20 Å². The van der Waals surface area contributed by atoms with Crippen LogP contribution in [0.15, 0.2) is 97.5 Å². The molecule has 1 amide bonds. The number of aromatic nitrogens is 4. The minimum absolute atomic E-state index is 0.00789. The highest BCUT2D eigenvalue weighted by Crippen LogP contribution is 2.42. The van der Waals surface area contributed by atoms with E-state index in [9.17, 15) is 9.90 Å². The summed E-state index contributed by atoms with van der Waals surface area (Å²) in [5.41, 5.74) is 5.03. The lowest BCUT2D eigenvalue weighted by Gasteiger charge is -2.44. The lowest BCUT2D eigenvalue weighted by molar-refractivity contribution is -0.276. The molecule has 47 heavy (non-hydrogen) atoms. The maximum Gasteiger partial charge on any atom is 0.275 e. The molecule has 2 N–H and O–H groups in total. The van der Waals surface area contributed by atoms with E-state index in [0.717, 1.165) is 60.9 Å². The number of hydrogen-bond acceptors (Lipinski definition) is 10. The monoisotopic (exact) mass is 631 g/mol. The Bertz CT molecular complexity index is 1800. The van der Waals surface area contributed by atoms with Crippen molar-refractivity contribution in [3.8, 4) is 0 Å². The predicted octanol–water partition coefficient (Wildman–Crippen LogP) is 4.78. The minimum Gasteiger partial charge on any atom is -0.392 e. The summed E-state index contributed by atoms with van der Waals surface area (Å²) in [6.45, 7) is 6.37. The van der Waals surface area contributed by atoms with Gasteiger partial charge in [-0.2, -0.15) is 0 Å². The molecule has 7 rings (SSSR count). The van der Waals surface area contributed by atoms with Crippen molar-refractivity contribution in [1.29, 1.82) is 0 Å². The smallest absolute Gasteiger partial charge is 0.275 e. The van der Waals surface area contributed by atoms with E-state index in [1.54, 1.807) is 12.4 Å². The molecule has 0 bridgehead atoms. The number of carbonyl (C=O) groups is 1. The zero-order valence-electron chi connectivity index (χ0n) is 26.1. The van der Waals surface area contributed by atoms with Crippen LogP contribution < -0.4 is 10.2 Å². The van der Waals surface area contributed by atoms with E-state index in [0.29, 0.717) is 11.2 Å². The number of aliphatic hydroxyl groups is 1. The van der Waals surface area contributed by atoms with Gasteiger partial charge < -0.3 is 24.8 Å². The number of aliphatic hydroxyl groups excluding tert-OH is 1. The molecule has 3 aromatic carbocycles. The number of carbonyl (C=O) groups excluding carboxylic acids is 1. The Morgan fingerprint density at radius 3 is 2.28 bits per heavy atom. The molecule has 2 fully saturated rings. The highest BCUT2D eigenvalue weighted by molar-refractivity contribution is 6.03. The number of nitrogens with one attached hydrogen (secondary N) is 1. The second-order valence-corrected chi connectivity index (χ2v) is 12.0. The van der Waals surface area contributed by atoms with Gasteiger partial charge in [0, 0.05) is 62.3 Å². The summed E-state index contributed by atoms with van der Waals surface area (Å²) in [4.78, 5) is 35.2. The Morgan fingerprint density at radius 2 is 1.55 bits per heavy atom. The second kappa shape index (κ2) is 13.9. The molecule has 5 aromatic rings. The van der Waals surface area contributed by atoms with Crippen molar-refractivity contribution in [2.24, 2.45) is 5.92 Å². The SMILES string of the molecule is CC1C(CN2CCN(c3ncccn3)CC2)OC(c2ccc(NC(=O)c3cnc4ccccc4n3)cc2)OC1c1ccc(CO)cc1. The lowest BCUT2D eigenvalue weighted by atomic mass is 9.90. The van der Waals surface area contributed by atoms with Crippen molar-refractivity contribution in [1.82, 2.24) is 24.8 Å². The summed E-state index contributed by atoms with van der Waals surface area (Å²) in [7, 11) is 0. The topological polar surface area (TPSA) is 126 Å². The molecule has 0 aliphatic carbocycles. The molecule has 0 radical (unpaired) electrons. The fourth-order valence-corrected chi connectivity index (χ4v) is 6.15. The zero-order valence-corrected chi connectivity index (χ0v) is 26.1. The Morgan fingerprint density at radius 1 is 0.851 bits per heavy atom. The van der Waals surface area contributed by atoms with Crippen molar-refractivity contribution in [3.63, 3.8) is 0 Å². The third-order valence-corrected chi connectivity index (χ3v) is 8.89. The van der Waals surface area contributed by atoms with Crippen LogP contribution in [-0.4, -0.2) is 74.7 Å². The summed E-state index contributed by atoms with van der Waals surface area (Å²) in [5.74, 6) is 0.503. The number of piperazine rings is 1. The van der Waals surface area contributed by atoms with E-state index in [4.69, 9.17) is 9.47 Å². The van der Waals surface area contributed by atoms with Gasteiger partial charge in [0.25, 0.3) is 5.91 Å². The molecule has 11 heteroatoms. The summed E-state index contributed by atoms with van der Waals surface area (Å²) >= 11 is 0. The van der Waals surface area contributed by atoms with Gasteiger partial charge in [0.2, 0.25) is 5.95 Å². The molecule has 11 nitrogen and oxygen atoms in total. The average Bonchev–Trinajstić information content (AvgIpc) is 3.13. The molecular weight excluding hydrogens is 594 g/mol. The van der Waals surface area contributed by atoms with Gasteiger partial charge in [-0.25, -0.2) is 15.0 Å². The van der Waals surface area contributed by atoms with Crippen molar-refractivity contribution >= 4 is 28.6 Å². The van der Waals surface area contributed by atoms with Gasteiger partial charge in [-0.1, -0.05) is 55.5 Å². The molecular formula is C36H37N7O4. The van der Waals surface area contributed by atoms with E-state index >= 15 is 0 Å². The fraction of sp³-hybridized carbons (Fsp3) is 0.306. The fourth-order valence-electron chi connectivity index (χ4n) is 6.15. The second-order valence-electron chi connectivity index (χ2n) is 12.0. The molecule has 2 aliphatic rings. The number of para-hydroxylation sites is 2. The predicted molar refractivity (Wildman–Crippen MR) is 178 cm³/mol. The normalized spacial score (nSPS) is 21.9. The Hall–Kier alpha value is -4.81. The third-order valence-electron chi connectivity index (χ3n) is 8.89. The number of benzene rings is 3. The van der Waals surface area contributed by atoms with Crippen LogP contribution in [-0.2, 0) is 16.1 Å².